The molecule has 1 heterocycles. The van der Waals surface area contributed by atoms with Crippen molar-refractivity contribution in [2.24, 2.45) is 11.7 Å². The topological polar surface area (TPSA) is 305 Å². The van der Waals surface area contributed by atoms with Crippen LogP contribution >= 0.6 is 30.6 Å². The Morgan fingerprint density at radius 1 is 1.03 bits per heavy atom. The van der Waals surface area contributed by atoms with Crippen molar-refractivity contribution in [3.63, 3.8) is 0 Å². The number of ether oxygens (including phenoxy) is 2. The first-order valence-corrected chi connectivity index (χ1v) is 29.1. The number of nitrogens with zero attached hydrogens (tertiary/aromatic N) is 3. The number of nitrogens with two attached hydrogens (primary N) is 1. The molecule has 3 aromatic carbocycles. The fraction of sp³-hybridized carbons (Fsp3) is 0.442. The number of terminal acetylenes is 1. The molecule has 20 nitrogen and oxygen atoms in total. The van der Waals surface area contributed by atoms with E-state index in [1.54, 1.807) is 18.9 Å². The van der Waals surface area contributed by atoms with E-state index < -0.39 is 92.4 Å². The van der Waals surface area contributed by atoms with Gasteiger partial charge in [0.2, 0.25) is 5.91 Å². The third-order valence-corrected chi connectivity index (χ3v) is 14.9. The number of carbonyl (C=O) groups is 7. The number of ketones is 3. The molecule has 4 N–H and O–H groups in total. The first kappa shape index (κ1) is 65.1. The molecular weight excluding hydrogens is 1090 g/mol. The molecule has 418 valence electrons. The van der Waals surface area contributed by atoms with Crippen LogP contribution in [0.2, 0.25) is 5.02 Å². The number of hydrogen-bond donors (Lipinski definition) is 3. The molecule has 3 aliphatic rings. The molecule has 0 spiro atoms. The van der Waals surface area contributed by atoms with E-state index in [0.717, 1.165) is 71.5 Å². The largest absolute Gasteiger partial charge is 0.480 e. The Morgan fingerprint density at radius 2 is 1.61 bits per heavy atom. The standard InChI is InChI=1S/C18H15ClFNO3.C15H22ClNO2.C14H13NO7S.C5H12NO4P/c1-3-10(2)24-16-9-15(14(20)8-13(16)19)21-17(22)11-6-4-5-7-12(11)18(21)23;1-5-13-8-6-7-11(2)15(13)17(14(18)9-16)12(3)10-19-4;1-23(21,22)8-5-6-9(10(7-8)15(19)20)14(18)13-11(16)3-2-4-12(13)17;1-11(9,10)3-2-4(6)5(7)8/h1,8-10H,4-7H2,2H3;6-8,12H,5,9-10H2,1-4H3;5-7,13H,2-4H2,1H3;4H,2-3,6H2,1H3,(H,7,8)(H,9,10). The Hall–Kier alpha value is -6.18. The number of rotatable bonds is 17. The molecule has 77 heavy (non-hydrogen) atoms. The van der Waals surface area contributed by atoms with Crippen molar-refractivity contribution in [2.75, 3.05) is 48.5 Å². The molecule has 0 radical (unpaired) electrons. The summed E-state index contributed by atoms with van der Waals surface area (Å²) in [5, 5.41) is 19.4. The maximum atomic E-state index is 14.4. The van der Waals surface area contributed by atoms with E-state index in [9.17, 15) is 61.0 Å². The first-order valence-electron chi connectivity index (χ1n) is 24.0. The lowest BCUT2D eigenvalue weighted by Gasteiger charge is -2.31. The molecule has 4 atom stereocenters. The number of carbonyl (C=O) groups excluding carboxylic acids is 6. The minimum atomic E-state index is -3.70. The molecule has 1 aliphatic heterocycles. The number of nitro benzene ring substituents is 1. The van der Waals surface area contributed by atoms with Gasteiger partial charge in [-0.1, -0.05) is 42.6 Å². The highest BCUT2D eigenvalue weighted by Gasteiger charge is 2.42. The number of aryl methyl sites for hydroxylation is 2. The lowest BCUT2D eigenvalue weighted by Crippen LogP contribution is -2.43. The van der Waals surface area contributed by atoms with Gasteiger partial charge in [-0.3, -0.25) is 48.2 Å². The van der Waals surface area contributed by atoms with Gasteiger partial charge in [-0.05, 0) is 95.0 Å². The molecule has 4 unspecified atom stereocenters. The second kappa shape index (κ2) is 29.0. The number of imide groups is 1. The van der Waals surface area contributed by atoms with Gasteiger partial charge in [0.15, 0.2) is 40.7 Å². The summed E-state index contributed by atoms with van der Waals surface area (Å²) in [6, 6.07) is 10.1. The number of carboxylic acids is 1. The van der Waals surface area contributed by atoms with Gasteiger partial charge in [0.25, 0.3) is 17.5 Å². The van der Waals surface area contributed by atoms with E-state index in [1.807, 2.05) is 26.0 Å². The average Bonchev–Trinajstić information content (AvgIpc) is 3.62. The van der Waals surface area contributed by atoms with Crippen LogP contribution < -0.4 is 20.3 Å². The minimum Gasteiger partial charge on any atom is -0.480 e. The molecule has 3 aromatic rings. The third-order valence-electron chi connectivity index (χ3n) is 12.1. The van der Waals surface area contributed by atoms with Gasteiger partial charge in [0.05, 0.1) is 44.4 Å². The van der Waals surface area contributed by atoms with Crippen LogP contribution in [0.3, 0.4) is 0 Å². The molecule has 2 aliphatic carbocycles. The summed E-state index contributed by atoms with van der Waals surface area (Å²) in [5.41, 5.74) is 7.94. The van der Waals surface area contributed by atoms with Crippen LogP contribution in [0.15, 0.2) is 64.6 Å². The number of Topliss-reactive ketones (excluding diaryl/α,β-unsaturated/α-hetero) is 3. The second-order valence-corrected chi connectivity index (χ2v) is 23.4. The van der Waals surface area contributed by atoms with Crippen molar-refractivity contribution in [1.82, 2.24) is 0 Å². The van der Waals surface area contributed by atoms with Gasteiger partial charge >= 0.3 is 5.97 Å². The van der Waals surface area contributed by atoms with Crippen LogP contribution in [-0.4, -0.2) is 121 Å². The highest BCUT2D eigenvalue weighted by Crippen LogP contribution is 2.40. The zero-order chi connectivity index (χ0) is 58.3. The van der Waals surface area contributed by atoms with Crippen molar-refractivity contribution in [1.29, 1.82) is 0 Å². The summed E-state index contributed by atoms with van der Waals surface area (Å²) in [4.78, 5) is 105. The van der Waals surface area contributed by atoms with E-state index in [4.69, 9.17) is 54.8 Å². The van der Waals surface area contributed by atoms with Crippen LogP contribution in [0.25, 0.3) is 0 Å². The number of halogens is 3. The van der Waals surface area contributed by atoms with E-state index in [-0.39, 0.29) is 64.6 Å². The molecule has 0 saturated heterocycles. The SMILES string of the molecule is C#CC(C)Oc1cc(N2C(=O)C3=C(CCCC3)C2=O)c(F)cc1Cl.CCc1cccc(C)c1N(C(=O)CCl)C(C)COC.CP(=O)(O)CCC(N)C(=O)O.CS(=O)(=O)c1ccc(C(=O)C2C(=O)CCCC2=O)c([N+](=O)[O-])c1. The fourth-order valence-electron chi connectivity index (χ4n) is 8.24. The zero-order valence-corrected chi connectivity index (χ0v) is 46.7. The molecule has 25 heteroatoms. The smallest absolute Gasteiger partial charge is 0.320 e. The van der Waals surface area contributed by atoms with Gasteiger partial charge in [0, 0.05) is 62.3 Å². The summed E-state index contributed by atoms with van der Waals surface area (Å²) in [5.74, 6) is -4.06. The van der Waals surface area contributed by atoms with Crippen LogP contribution in [0, 0.1) is 41.1 Å². The number of benzene rings is 3. The Labute approximate surface area is 455 Å². The van der Waals surface area contributed by atoms with Gasteiger partial charge in [-0.25, -0.2) is 17.7 Å². The van der Waals surface area contributed by atoms with E-state index in [1.165, 1.54) is 12.7 Å². The maximum Gasteiger partial charge on any atom is 0.320 e. The van der Waals surface area contributed by atoms with Crippen LogP contribution in [0.4, 0.5) is 21.5 Å². The fourth-order valence-corrected chi connectivity index (χ4v) is 9.96. The van der Waals surface area contributed by atoms with Gasteiger partial charge < -0.3 is 30.1 Å². The Balaban J connectivity index is 0.000000279. The second-order valence-electron chi connectivity index (χ2n) is 18.2. The Kier molecular flexibility index (Phi) is 24.5. The summed E-state index contributed by atoms with van der Waals surface area (Å²) in [6.45, 7) is 9.37. The number of sulfone groups is 1. The lowest BCUT2D eigenvalue weighted by atomic mass is 9.81. The van der Waals surface area contributed by atoms with Gasteiger partial charge in [-0.15, -0.1) is 18.0 Å². The van der Waals surface area contributed by atoms with E-state index >= 15 is 0 Å². The molecule has 1 fully saturated rings. The molecule has 0 aromatic heterocycles. The molecule has 6 rings (SSSR count). The minimum absolute atomic E-state index is 0.0223. The van der Waals surface area contributed by atoms with Crippen LogP contribution in [0.1, 0.15) is 93.6 Å². The number of nitro groups is 1. The maximum absolute atomic E-state index is 14.4. The van der Waals surface area contributed by atoms with Gasteiger partial charge in [0.1, 0.15) is 29.4 Å². The number of carboxylic acid groups (broad SMARTS) is 1. The van der Waals surface area contributed by atoms with Crippen molar-refractivity contribution in [3.05, 3.63) is 97.3 Å². The molecule has 1 saturated carbocycles. The van der Waals surface area contributed by atoms with Crippen molar-refractivity contribution >= 4 is 98.5 Å². The zero-order valence-electron chi connectivity index (χ0n) is 43.5. The van der Waals surface area contributed by atoms with E-state index in [0.29, 0.717) is 37.0 Å². The van der Waals surface area contributed by atoms with E-state index in [2.05, 4.69) is 18.9 Å². The summed E-state index contributed by atoms with van der Waals surface area (Å²) in [6.07, 6.45) is 9.72. The summed E-state index contributed by atoms with van der Waals surface area (Å²) < 4.78 is 58.6. The Morgan fingerprint density at radius 3 is 2.09 bits per heavy atom. The average molecular weight is 1150 g/mol. The number of amides is 3. The van der Waals surface area contributed by atoms with Crippen molar-refractivity contribution < 1.29 is 75.3 Å². The third kappa shape index (κ3) is 17.7. The predicted molar refractivity (Wildman–Crippen MR) is 287 cm³/mol. The monoisotopic (exact) mass is 1150 g/mol. The van der Waals surface area contributed by atoms with Crippen molar-refractivity contribution in [3.8, 4) is 18.1 Å². The first-order chi connectivity index (χ1) is 35.9. The highest BCUT2D eigenvalue weighted by atomic mass is 35.5. The summed E-state index contributed by atoms with van der Waals surface area (Å²) in [7, 11) is -5.16. The highest BCUT2D eigenvalue weighted by molar-refractivity contribution is 7.90. The quantitative estimate of drug-likeness (QED) is 0.0171. The number of para-hydroxylation sites is 1. The van der Waals surface area contributed by atoms with Crippen LogP contribution in [-0.2, 0) is 54.3 Å². The molecule has 3 amide bonds. The molecule has 0 bridgehead atoms. The number of hydrogen-bond acceptors (Lipinski definition) is 15. The summed E-state index contributed by atoms with van der Waals surface area (Å²) >= 11 is 11.7. The van der Waals surface area contributed by atoms with Gasteiger partial charge in [-0.2, -0.15) is 0 Å². The lowest BCUT2D eigenvalue weighted by molar-refractivity contribution is -0.385. The number of aliphatic carboxylic acids is 1. The Bertz CT molecular complexity index is 2970. The predicted octanol–water partition coefficient (Wildman–Crippen LogP) is 7.60. The van der Waals surface area contributed by atoms with Crippen LogP contribution in [0.5, 0.6) is 5.75 Å². The number of alkyl halides is 1. The normalized spacial score (nSPS) is 16.4. The molecular formula is C52H62Cl2FN4O16PS. The van der Waals surface area contributed by atoms with Crippen molar-refractivity contribution in [2.45, 2.75) is 109 Å². The number of methoxy groups -OCH3 is 1. The number of anilines is 2.